The van der Waals surface area contributed by atoms with Crippen LogP contribution in [-0.2, 0) is 4.79 Å². The molecule has 0 aromatic heterocycles. The molecule has 0 aliphatic carbocycles. The van der Waals surface area contributed by atoms with Gasteiger partial charge in [-0.25, -0.2) is 0 Å². The predicted molar refractivity (Wildman–Crippen MR) is 49.8 cm³/mol. The highest BCUT2D eigenvalue weighted by molar-refractivity contribution is 7.80. The first-order chi connectivity index (χ1) is 5.70. The highest BCUT2D eigenvalue weighted by Gasteiger charge is 1.91. The summed E-state index contributed by atoms with van der Waals surface area (Å²) in [5, 5.41) is 0. The Labute approximate surface area is 76.2 Å². The van der Waals surface area contributed by atoms with Crippen LogP contribution in [0.3, 0.4) is 0 Å². The first-order valence-electron chi connectivity index (χ1n) is 3.29. The Morgan fingerprint density at radius 2 is 2.08 bits per heavy atom. The van der Waals surface area contributed by atoms with E-state index in [1.807, 2.05) is 12.1 Å². The molecule has 0 bridgehead atoms. The third-order valence-corrected chi connectivity index (χ3v) is 1.61. The van der Waals surface area contributed by atoms with Crippen molar-refractivity contribution in [2.45, 2.75) is 4.90 Å². The Morgan fingerprint density at radius 3 is 2.67 bits per heavy atom. The van der Waals surface area contributed by atoms with E-state index < -0.39 is 5.91 Å². The minimum absolute atomic E-state index is 0.633. The molecule has 60 valence electrons. The molecule has 0 heterocycles. The molecule has 2 N–H and O–H groups in total. The number of nitrogens with two attached hydrogens (primary N) is 1. The first kappa shape index (κ1) is 8.69. The van der Waals surface area contributed by atoms with E-state index in [0.717, 1.165) is 4.90 Å². The molecule has 0 aliphatic heterocycles. The minimum atomic E-state index is -0.633. The van der Waals surface area contributed by atoms with Crippen LogP contribution < -0.4 is 5.73 Å². The molecule has 12 heavy (non-hydrogen) atoms. The second-order valence-electron chi connectivity index (χ2n) is 2.13. The zero-order chi connectivity index (χ0) is 8.97. The van der Waals surface area contributed by atoms with Gasteiger partial charge in [-0.05, 0) is 12.1 Å². The van der Waals surface area contributed by atoms with E-state index in [-0.39, 0.29) is 0 Å². The first-order valence-corrected chi connectivity index (χ1v) is 3.74. The monoisotopic (exact) mass is 177 g/mol. The van der Waals surface area contributed by atoms with Crippen LogP contribution in [0.2, 0.25) is 0 Å². The molecule has 0 spiro atoms. The van der Waals surface area contributed by atoms with E-state index in [0.29, 0.717) is 5.56 Å². The van der Waals surface area contributed by atoms with Gasteiger partial charge in [0, 0.05) is 16.4 Å². The van der Waals surface area contributed by atoms with Gasteiger partial charge in [-0.3, -0.25) is 4.79 Å². The number of rotatable bonds is 0. The minimum Gasteiger partial charge on any atom is -0.359 e. The Morgan fingerprint density at radius 1 is 1.42 bits per heavy atom. The fourth-order valence-corrected chi connectivity index (χ4v) is 0.925. The van der Waals surface area contributed by atoms with Crippen molar-refractivity contribution < 1.29 is 4.79 Å². The van der Waals surface area contributed by atoms with Gasteiger partial charge in [0.15, 0.2) is 0 Å². The number of carbonyl (C=O) groups is 1. The van der Waals surface area contributed by atoms with Gasteiger partial charge in [0.05, 0.1) is 0 Å². The summed E-state index contributed by atoms with van der Waals surface area (Å²) in [5.41, 5.74) is 5.56. The number of hydrogen-bond acceptors (Lipinski definition) is 2. The molecule has 1 amide bonds. The lowest BCUT2D eigenvalue weighted by molar-refractivity contribution is -0.112. The average molecular weight is 177 g/mol. The summed E-state index contributed by atoms with van der Waals surface area (Å²) in [4.78, 5) is 11.0. The Hall–Kier alpha value is -1.40. The van der Waals surface area contributed by atoms with E-state index in [2.05, 4.69) is 24.5 Å². The summed E-state index contributed by atoms with van der Waals surface area (Å²) < 4.78 is 0. The molecule has 1 rings (SSSR count). The Balaban J connectivity index is 2.99. The maximum absolute atomic E-state index is 10.3. The van der Waals surface area contributed by atoms with Crippen LogP contribution in [0.25, 0.3) is 0 Å². The third kappa shape index (κ3) is 2.33. The summed E-state index contributed by atoms with van der Waals surface area (Å²) in [5.74, 6) is 4.22. The standard InChI is InChI=1S/C9H7NOS/c10-9(11)6-5-7-3-1-2-4-8(7)12/h1-4,12H,(H2,10,11). The van der Waals surface area contributed by atoms with Crippen LogP contribution in [0.5, 0.6) is 0 Å². The van der Waals surface area contributed by atoms with Crippen molar-refractivity contribution in [3.8, 4) is 11.8 Å². The molecule has 0 saturated heterocycles. The van der Waals surface area contributed by atoms with Gasteiger partial charge < -0.3 is 5.73 Å². The van der Waals surface area contributed by atoms with Crippen LogP contribution in [0, 0.1) is 11.8 Å². The molecule has 3 heteroatoms. The highest BCUT2D eigenvalue weighted by atomic mass is 32.1. The summed E-state index contributed by atoms with van der Waals surface area (Å²) in [6.45, 7) is 0. The van der Waals surface area contributed by atoms with E-state index in [9.17, 15) is 4.79 Å². The van der Waals surface area contributed by atoms with Crippen molar-refractivity contribution in [2.24, 2.45) is 5.73 Å². The largest absolute Gasteiger partial charge is 0.359 e. The van der Waals surface area contributed by atoms with Gasteiger partial charge in [0.25, 0.3) is 5.91 Å². The predicted octanol–water partition coefficient (Wildman–Crippen LogP) is 0.812. The molecule has 0 fully saturated rings. The van der Waals surface area contributed by atoms with Crippen LogP contribution in [-0.4, -0.2) is 5.91 Å². The maximum atomic E-state index is 10.3. The quantitative estimate of drug-likeness (QED) is 0.447. The van der Waals surface area contributed by atoms with E-state index in [1.165, 1.54) is 0 Å². The average Bonchev–Trinajstić information content (AvgIpc) is 2.03. The Kier molecular flexibility index (Phi) is 2.78. The lowest BCUT2D eigenvalue weighted by Crippen LogP contribution is -2.06. The van der Waals surface area contributed by atoms with Crippen molar-refractivity contribution in [2.75, 3.05) is 0 Å². The van der Waals surface area contributed by atoms with Crippen molar-refractivity contribution in [3.63, 3.8) is 0 Å². The number of thiol groups is 1. The zero-order valence-electron chi connectivity index (χ0n) is 6.24. The number of primary amides is 1. The molecular formula is C9H7NOS. The lowest BCUT2D eigenvalue weighted by atomic mass is 10.2. The van der Waals surface area contributed by atoms with Crippen LogP contribution in [0.1, 0.15) is 5.56 Å². The van der Waals surface area contributed by atoms with Gasteiger partial charge >= 0.3 is 0 Å². The van der Waals surface area contributed by atoms with Gasteiger partial charge in [-0.15, -0.1) is 12.6 Å². The molecular weight excluding hydrogens is 170 g/mol. The van der Waals surface area contributed by atoms with Gasteiger partial charge in [-0.2, -0.15) is 0 Å². The second kappa shape index (κ2) is 3.84. The molecule has 1 aromatic carbocycles. The lowest BCUT2D eigenvalue weighted by Gasteiger charge is -1.92. The van der Waals surface area contributed by atoms with Crippen LogP contribution in [0.15, 0.2) is 29.2 Å². The van der Waals surface area contributed by atoms with Crippen LogP contribution in [0.4, 0.5) is 0 Å². The van der Waals surface area contributed by atoms with Crippen LogP contribution >= 0.6 is 12.6 Å². The third-order valence-electron chi connectivity index (χ3n) is 1.22. The second-order valence-corrected chi connectivity index (χ2v) is 2.61. The van der Waals surface area contributed by atoms with Gasteiger partial charge in [0.2, 0.25) is 0 Å². The number of amides is 1. The molecule has 1 aromatic rings. The maximum Gasteiger partial charge on any atom is 0.293 e. The molecule has 2 nitrogen and oxygen atoms in total. The zero-order valence-corrected chi connectivity index (χ0v) is 7.14. The number of hydrogen-bond donors (Lipinski definition) is 2. The van der Waals surface area contributed by atoms with Gasteiger partial charge in [-0.1, -0.05) is 18.1 Å². The van der Waals surface area contributed by atoms with E-state index >= 15 is 0 Å². The molecule has 0 radical (unpaired) electrons. The number of benzene rings is 1. The van der Waals surface area contributed by atoms with Crippen molar-refractivity contribution >= 4 is 18.5 Å². The van der Waals surface area contributed by atoms with E-state index in [1.54, 1.807) is 12.1 Å². The SMILES string of the molecule is NC(=O)C#Cc1ccccc1S. The molecule has 0 saturated carbocycles. The molecule has 0 atom stereocenters. The Bertz CT molecular complexity index is 362. The summed E-state index contributed by atoms with van der Waals surface area (Å²) in [7, 11) is 0. The summed E-state index contributed by atoms with van der Waals surface area (Å²) >= 11 is 4.15. The topological polar surface area (TPSA) is 43.1 Å². The molecule has 0 aliphatic rings. The summed E-state index contributed by atoms with van der Waals surface area (Å²) in [6.07, 6.45) is 0. The number of carbonyl (C=O) groups excluding carboxylic acids is 1. The normalized spacial score (nSPS) is 8.42. The smallest absolute Gasteiger partial charge is 0.293 e. The highest BCUT2D eigenvalue weighted by Crippen LogP contribution is 2.10. The van der Waals surface area contributed by atoms with Gasteiger partial charge in [0.1, 0.15) is 0 Å². The molecule has 0 unspecified atom stereocenters. The fraction of sp³-hybridized carbons (Fsp3) is 0. The van der Waals surface area contributed by atoms with Crippen molar-refractivity contribution in [1.29, 1.82) is 0 Å². The summed E-state index contributed by atoms with van der Waals surface area (Å²) in [6, 6.07) is 7.24. The fourth-order valence-electron chi connectivity index (χ4n) is 0.708. The van der Waals surface area contributed by atoms with E-state index in [4.69, 9.17) is 5.73 Å². The van der Waals surface area contributed by atoms with Crippen molar-refractivity contribution in [1.82, 2.24) is 0 Å². The van der Waals surface area contributed by atoms with Crippen molar-refractivity contribution in [3.05, 3.63) is 29.8 Å².